The fourth-order valence-corrected chi connectivity index (χ4v) is 2.82. The van der Waals surface area contributed by atoms with Crippen LogP contribution in [0.2, 0.25) is 0 Å². The second-order valence-corrected chi connectivity index (χ2v) is 6.28. The SMILES string of the molecule is C=C(/C=C\NCCC)NC1=NC(c2ccccc2)Nc2ccc(OC)cc21. The van der Waals surface area contributed by atoms with E-state index in [-0.39, 0.29) is 6.17 Å². The van der Waals surface area contributed by atoms with Gasteiger partial charge < -0.3 is 20.7 Å². The van der Waals surface area contributed by atoms with E-state index in [2.05, 4.69) is 41.6 Å². The number of rotatable bonds is 7. The zero-order chi connectivity index (χ0) is 19.1. The number of methoxy groups -OCH3 is 1. The Morgan fingerprint density at radius 3 is 2.81 bits per heavy atom. The van der Waals surface area contributed by atoms with Crippen molar-refractivity contribution in [3.8, 4) is 5.75 Å². The standard InChI is InChI=1S/C22H26N4O/c1-4-13-23-14-12-16(2)24-22-19-15-18(27-3)10-11-20(19)25-21(26-22)17-8-6-5-7-9-17/h5-12,14-15,21,23,25H,2,4,13H2,1,3H3,(H,24,26)/b14-12-. The highest BCUT2D eigenvalue weighted by Gasteiger charge is 2.22. The maximum atomic E-state index is 5.38. The molecular formula is C22H26N4O. The Labute approximate surface area is 160 Å². The molecule has 0 amide bonds. The number of allylic oxidation sites excluding steroid dienone is 1. The molecule has 0 aromatic heterocycles. The molecule has 3 N–H and O–H groups in total. The van der Waals surface area contributed by atoms with Gasteiger partial charge in [-0.05, 0) is 42.5 Å². The number of nitrogens with zero attached hydrogens (tertiary/aromatic N) is 1. The van der Waals surface area contributed by atoms with Crippen molar-refractivity contribution in [3.05, 3.63) is 84.2 Å². The molecule has 1 aliphatic rings. The second kappa shape index (κ2) is 8.94. The number of amidine groups is 1. The number of hydrogen-bond donors (Lipinski definition) is 3. The molecule has 1 aliphatic heterocycles. The predicted octanol–water partition coefficient (Wildman–Crippen LogP) is 4.18. The minimum atomic E-state index is -0.162. The van der Waals surface area contributed by atoms with Gasteiger partial charge in [-0.2, -0.15) is 0 Å². The Morgan fingerprint density at radius 2 is 2.07 bits per heavy atom. The first-order valence-electron chi connectivity index (χ1n) is 9.15. The molecule has 1 heterocycles. The number of anilines is 1. The first-order chi connectivity index (χ1) is 13.2. The minimum Gasteiger partial charge on any atom is -0.497 e. The van der Waals surface area contributed by atoms with E-state index in [1.54, 1.807) is 7.11 Å². The highest BCUT2D eigenvalue weighted by Crippen LogP contribution is 2.31. The first-order valence-corrected chi connectivity index (χ1v) is 9.15. The quantitative estimate of drug-likeness (QED) is 0.511. The van der Waals surface area contributed by atoms with E-state index < -0.39 is 0 Å². The Morgan fingerprint density at radius 1 is 1.26 bits per heavy atom. The molecule has 5 heteroatoms. The molecule has 2 aromatic rings. The van der Waals surface area contributed by atoms with Gasteiger partial charge in [-0.3, -0.25) is 0 Å². The summed E-state index contributed by atoms with van der Waals surface area (Å²) < 4.78 is 5.38. The zero-order valence-corrected chi connectivity index (χ0v) is 15.8. The maximum Gasteiger partial charge on any atom is 0.147 e. The average Bonchev–Trinajstić information content (AvgIpc) is 2.71. The van der Waals surface area contributed by atoms with Gasteiger partial charge in [-0.1, -0.05) is 43.8 Å². The summed E-state index contributed by atoms with van der Waals surface area (Å²) in [6.45, 7) is 7.16. The summed E-state index contributed by atoms with van der Waals surface area (Å²) in [5, 5.41) is 10.0. The summed E-state index contributed by atoms with van der Waals surface area (Å²) in [5.41, 5.74) is 3.82. The van der Waals surface area contributed by atoms with Gasteiger partial charge in [0.05, 0.1) is 7.11 Å². The zero-order valence-electron chi connectivity index (χ0n) is 15.8. The summed E-state index contributed by atoms with van der Waals surface area (Å²) in [7, 11) is 1.66. The molecule has 2 aromatic carbocycles. The molecule has 1 atom stereocenters. The van der Waals surface area contributed by atoms with E-state index in [0.29, 0.717) is 0 Å². The Balaban J connectivity index is 1.88. The van der Waals surface area contributed by atoms with Crippen molar-refractivity contribution in [2.45, 2.75) is 19.5 Å². The van der Waals surface area contributed by atoms with Crippen LogP contribution in [0, 0.1) is 0 Å². The summed E-state index contributed by atoms with van der Waals surface area (Å²) in [4.78, 5) is 4.88. The van der Waals surface area contributed by atoms with E-state index in [9.17, 15) is 0 Å². The van der Waals surface area contributed by atoms with Gasteiger partial charge in [-0.15, -0.1) is 0 Å². The van der Waals surface area contributed by atoms with Crippen LogP contribution in [0.3, 0.4) is 0 Å². The van der Waals surface area contributed by atoms with Crippen molar-refractivity contribution >= 4 is 11.5 Å². The van der Waals surface area contributed by atoms with E-state index >= 15 is 0 Å². The summed E-state index contributed by atoms with van der Waals surface area (Å²) in [5.74, 6) is 1.55. The number of nitrogens with one attached hydrogen (secondary N) is 3. The lowest BCUT2D eigenvalue weighted by Crippen LogP contribution is -2.30. The van der Waals surface area contributed by atoms with Gasteiger partial charge >= 0.3 is 0 Å². The molecule has 27 heavy (non-hydrogen) atoms. The third-order valence-electron chi connectivity index (χ3n) is 4.22. The highest BCUT2D eigenvalue weighted by atomic mass is 16.5. The van der Waals surface area contributed by atoms with Gasteiger partial charge in [0.25, 0.3) is 0 Å². The van der Waals surface area contributed by atoms with Crippen LogP contribution in [0.5, 0.6) is 5.75 Å². The van der Waals surface area contributed by atoms with Gasteiger partial charge in [-0.25, -0.2) is 4.99 Å². The Kier molecular flexibility index (Phi) is 6.15. The minimum absolute atomic E-state index is 0.162. The second-order valence-electron chi connectivity index (χ2n) is 6.28. The maximum absolute atomic E-state index is 5.38. The molecule has 5 nitrogen and oxygen atoms in total. The van der Waals surface area contributed by atoms with Crippen LogP contribution in [-0.2, 0) is 0 Å². The smallest absolute Gasteiger partial charge is 0.147 e. The van der Waals surface area contributed by atoms with Crippen LogP contribution < -0.4 is 20.7 Å². The molecule has 0 saturated carbocycles. The third kappa shape index (κ3) is 4.70. The lowest BCUT2D eigenvalue weighted by atomic mass is 10.1. The number of hydrogen-bond acceptors (Lipinski definition) is 5. The van der Waals surface area contributed by atoms with E-state index in [4.69, 9.17) is 9.73 Å². The number of ether oxygens (including phenoxy) is 1. The van der Waals surface area contributed by atoms with Crippen molar-refractivity contribution < 1.29 is 4.74 Å². The van der Waals surface area contributed by atoms with E-state index in [1.165, 1.54) is 0 Å². The van der Waals surface area contributed by atoms with Crippen molar-refractivity contribution in [2.75, 3.05) is 19.0 Å². The molecule has 1 unspecified atom stereocenters. The van der Waals surface area contributed by atoms with Crippen molar-refractivity contribution in [3.63, 3.8) is 0 Å². The molecule has 0 radical (unpaired) electrons. The fraction of sp³-hybridized carbons (Fsp3) is 0.227. The third-order valence-corrected chi connectivity index (χ3v) is 4.22. The van der Waals surface area contributed by atoms with Gasteiger partial charge in [0.1, 0.15) is 17.8 Å². The molecule has 140 valence electrons. The average molecular weight is 362 g/mol. The number of benzene rings is 2. The Bertz CT molecular complexity index is 843. The van der Waals surface area contributed by atoms with Crippen LogP contribution in [0.1, 0.15) is 30.6 Å². The highest BCUT2D eigenvalue weighted by molar-refractivity contribution is 6.06. The topological polar surface area (TPSA) is 57.7 Å². The normalized spacial score (nSPS) is 15.5. The summed E-state index contributed by atoms with van der Waals surface area (Å²) in [6.07, 6.45) is 4.73. The Hall–Kier alpha value is -3.21. The molecule has 0 saturated heterocycles. The molecule has 0 fully saturated rings. The lowest BCUT2D eigenvalue weighted by Gasteiger charge is -2.27. The van der Waals surface area contributed by atoms with E-state index in [1.807, 2.05) is 48.7 Å². The molecule has 0 spiro atoms. The van der Waals surface area contributed by atoms with Crippen molar-refractivity contribution in [2.24, 2.45) is 4.99 Å². The predicted molar refractivity (Wildman–Crippen MR) is 112 cm³/mol. The van der Waals surface area contributed by atoms with Crippen LogP contribution in [0.4, 0.5) is 5.69 Å². The van der Waals surface area contributed by atoms with Gasteiger partial charge in [0, 0.05) is 23.5 Å². The first kappa shape index (κ1) is 18.6. The number of fused-ring (bicyclic) bond motifs is 1. The fourth-order valence-electron chi connectivity index (χ4n) is 2.82. The van der Waals surface area contributed by atoms with Crippen LogP contribution in [-0.4, -0.2) is 19.5 Å². The van der Waals surface area contributed by atoms with Crippen LogP contribution in [0.15, 0.2) is 78.1 Å². The molecule has 0 aliphatic carbocycles. The van der Waals surface area contributed by atoms with Crippen molar-refractivity contribution in [1.29, 1.82) is 0 Å². The van der Waals surface area contributed by atoms with Crippen LogP contribution in [0.25, 0.3) is 0 Å². The molecular weight excluding hydrogens is 336 g/mol. The van der Waals surface area contributed by atoms with Gasteiger partial charge in [0.15, 0.2) is 0 Å². The summed E-state index contributed by atoms with van der Waals surface area (Å²) in [6, 6.07) is 16.1. The lowest BCUT2D eigenvalue weighted by molar-refractivity contribution is 0.414. The van der Waals surface area contributed by atoms with E-state index in [0.717, 1.165) is 47.1 Å². The van der Waals surface area contributed by atoms with Gasteiger partial charge in [0.2, 0.25) is 0 Å². The monoisotopic (exact) mass is 362 g/mol. The molecule has 0 bridgehead atoms. The van der Waals surface area contributed by atoms with Crippen LogP contribution >= 0.6 is 0 Å². The van der Waals surface area contributed by atoms with Crippen molar-refractivity contribution in [1.82, 2.24) is 10.6 Å². The largest absolute Gasteiger partial charge is 0.497 e. The summed E-state index contributed by atoms with van der Waals surface area (Å²) >= 11 is 0. The molecule has 3 rings (SSSR count). The number of aliphatic imine (C=N–C) groups is 1.